The second kappa shape index (κ2) is 7.11. The van der Waals surface area contributed by atoms with Crippen molar-refractivity contribution in [3.8, 4) is 0 Å². The molecule has 0 aliphatic carbocycles. The zero-order valence-electron chi connectivity index (χ0n) is 10.2. The largest absolute Gasteiger partial charge is 0.393 e. The van der Waals surface area contributed by atoms with Crippen LogP contribution in [-0.4, -0.2) is 26.9 Å². The SMILES string of the molecule is CC.CCC(C(C)NS(C)(=O)=O)C(F)(F)F. The monoisotopic (exact) mass is 263 g/mol. The van der Waals surface area contributed by atoms with Gasteiger partial charge in [0, 0.05) is 6.04 Å². The molecule has 0 bridgehead atoms. The average Bonchev–Trinajstić information content (AvgIpc) is 2.02. The van der Waals surface area contributed by atoms with Crippen molar-refractivity contribution in [2.75, 3.05) is 6.26 Å². The summed E-state index contributed by atoms with van der Waals surface area (Å²) in [5, 5.41) is 0. The van der Waals surface area contributed by atoms with Crippen LogP contribution in [0.1, 0.15) is 34.1 Å². The van der Waals surface area contributed by atoms with Crippen LogP contribution in [0, 0.1) is 5.92 Å². The van der Waals surface area contributed by atoms with Gasteiger partial charge in [0.2, 0.25) is 10.0 Å². The van der Waals surface area contributed by atoms with E-state index < -0.39 is 28.2 Å². The Morgan fingerprint density at radius 2 is 1.62 bits per heavy atom. The van der Waals surface area contributed by atoms with Gasteiger partial charge in [0.25, 0.3) is 0 Å². The van der Waals surface area contributed by atoms with E-state index in [1.54, 1.807) is 0 Å². The molecule has 3 nitrogen and oxygen atoms in total. The minimum Gasteiger partial charge on any atom is -0.213 e. The summed E-state index contributed by atoms with van der Waals surface area (Å²) < 4.78 is 60.3. The van der Waals surface area contributed by atoms with Gasteiger partial charge in [-0.05, 0) is 13.3 Å². The van der Waals surface area contributed by atoms with E-state index in [1.165, 1.54) is 13.8 Å². The highest BCUT2D eigenvalue weighted by Crippen LogP contribution is 2.31. The fraction of sp³-hybridized carbons (Fsp3) is 1.00. The molecule has 7 heteroatoms. The van der Waals surface area contributed by atoms with E-state index >= 15 is 0 Å². The molecular formula is C9H20F3NO2S. The molecule has 0 spiro atoms. The topological polar surface area (TPSA) is 46.2 Å². The Morgan fingerprint density at radius 3 is 1.81 bits per heavy atom. The minimum atomic E-state index is -4.37. The van der Waals surface area contributed by atoms with Crippen LogP contribution >= 0.6 is 0 Å². The van der Waals surface area contributed by atoms with Gasteiger partial charge < -0.3 is 0 Å². The van der Waals surface area contributed by atoms with Gasteiger partial charge in [0.15, 0.2) is 0 Å². The molecule has 0 aromatic rings. The quantitative estimate of drug-likeness (QED) is 0.847. The first-order chi connectivity index (χ1) is 7.08. The molecule has 0 aromatic heterocycles. The molecule has 16 heavy (non-hydrogen) atoms. The zero-order chi connectivity index (χ0) is 13.6. The average molecular weight is 263 g/mol. The van der Waals surface area contributed by atoms with E-state index in [1.807, 2.05) is 18.6 Å². The number of hydrogen-bond acceptors (Lipinski definition) is 2. The standard InChI is InChI=1S/C7H14F3NO2S.C2H6/c1-4-6(7(8,9)10)5(2)11-14(3,12)13;1-2/h5-6,11H,4H2,1-3H3;1-2H3. The van der Waals surface area contributed by atoms with Gasteiger partial charge in [-0.25, -0.2) is 13.1 Å². The van der Waals surface area contributed by atoms with E-state index in [2.05, 4.69) is 0 Å². The highest BCUT2D eigenvalue weighted by atomic mass is 32.2. The smallest absolute Gasteiger partial charge is 0.213 e. The van der Waals surface area contributed by atoms with E-state index in [4.69, 9.17) is 0 Å². The van der Waals surface area contributed by atoms with Crippen LogP contribution in [0.3, 0.4) is 0 Å². The Balaban J connectivity index is 0. The van der Waals surface area contributed by atoms with Crippen LogP contribution in [0.5, 0.6) is 0 Å². The van der Waals surface area contributed by atoms with Crippen LogP contribution in [-0.2, 0) is 10.0 Å². The number of alkyl halides is 3. The molecule has 0 radical (unpaired) electrons. The third-order valence-electron chi connectivity index (χ3n) is 1.86. The molecule has 0 heterocycles. The van der Waals surface area contributed by atoms with E-state index in [-0.39, 0.29) is 6.42 Å². The van der Waals surface area contributed by atoms with Crippen molar-refractivity contribution in [2.45, 2.75) is 46.3 Å². The predicted octanol–water partition coefficient (Wildman–Crippen LogP) is 2.54. The Kier molecular flexibility index (Phi) is 8.03. The predicted molar refractivity (Wildman–Crippen MR) is 58.6 cm³/mol. The molecule has 2 unspecified atom stereocenters. The number of halogens is 3. The van der Waals surface area contributed by atoms with Gasteiger partial charge in [0.1, 0.15) is 0 Å². The molecule has 0 amide bonds. The maximum Gasteiger partial charge on any atom is 0.393 e. The first-order valence-electron chi connectivity index (χ1n) is 5.12. The fourth-order valence-electron chi connectivity index (χ4n) is 1.29. The molecule has 0 fully saturated rings. The third kappa shape index (κ3) is 7.92. The summed E-state index contributed by atoms with van der Waals surface area (Å²) in [4.78, 5) is 0. The molecular weight excluding hydrogens is 243 g/mol. The molecule has 0 rings (SSSR count). The van der Waals surface area contributed by atoms with E-state index in [0.717, 1.165) is 6.26 Å². The molecule has 0 aromatic carbocycles. The highest BCUT2D eigenvalue weighted by molar-refractivity contribution is 7.88. The summed E-state index contributed by atoms with van der Waals surface area (Å²) in [5.41, 5.74) is 0. The van der Waals surface area contributed by atoms with Crippen LogP contribution < -0.4 is 4.72 Å². The summed E-state index contributed by atoms with van der Waals surface area (Å²) in [7, 11) is -3.59. The van der Waals surface area contributed by atoms with Gasteiger partial charge in [0.05, 0.1) is 12.2 Å². The van der Waals surface area contributed by atoms with Crippen molar-refractivity contribution in [1.29, 1.82) is 0 Å². The lowest BCUT2D eigenvalue weighted by molar-refractivity contribution is -0.180. The summed E-state index contributed by atoms with van der Waals surface area (Å²) >= 11 is 0. The highest BCUT2D eigenvalue weighted by Gasteiger charge is 2.42. The number of rotatable bonds is 4. The lowest BCUT2D eigenvalue weighted by Crippen LogP contribution is -2.43. The summed E-state index contributed by atoms with van der Waals surface area (Å²) in [6.45, 7) is 6.58. The summed E-state index contributed by atoms with van der Waals surface area (Å²) in [6, 6.07) is -1.13. The number of nitrogens with one attached hydrogen (secondary N) is 1. The lowest BCUT2D eigenvalue weighted by atomic mass is 9.99. The van der Waals surface area contributed by atoms with Crippen LogP contribution in [0.15, 0.2) is 0 Å². The first kappa shape index (κ1) is 18.1. The van der Waals surface area contributed by atoms with Gasteiger partial charge in [-0.1, -0.05) is 20.8 Å². The maximum absolute atomic E-state index is 12.3. The third-order valence-corrected chi connectivity index (χ3v) is 2.66. The van der Waals surface area contributed by atoms with E-state index in [0.29, 0.717) is 0 Å². The normalized spacial score (nSPS) is 16.0. The second-order valence-corrected chi connectivity index (χ2v) is 5.02. The van der Waals surface area contributed by atoms with Crippen molar-refractivity contribution in [3.63, 3.8) is 0 Å². The Labute approximate surface area is 95.5 Å². The summed E-state index contributed by atoms with van der Waals surface area (Å²) in [6.07, 6.45) is -3.67. The molecule has 0 saturated heterocycles. The fourth-order valence-corrected chi connectivity index (χ4v) is 2.13. The van der Waals surface area contributed by atoms with Crippen molar-refractivity contribution >= 4 is 10.0 Å². The lowest BCUT2D eigenvalue weighted by Gasteiger charge is -2.25. The van der Waals surface area contributed by atoms with Gasteiger partial charge in [-0.3, -0.25) is 0 Å². The Hall–Kier alpha value is -0.300. The van der Waals surface area contributed by atoms with Crippen molar-refractivity contribution < 1.29 is 21.6 Å². The maximum atomic E-state index is 12.3. The molecule has 0 aliphatic rings. The zero-order valence-corrected chi connectivity index (χ0v) is 11.0. The minimum absolute atomic E-state index is 0.146. The molecule has 100 valence electrons. The number of sulfonamides is 1. The van der Waals surface area contributed by atoms with Gasteiger partial charge in [-0.15, -0.1) is 0 Å². The Morgan fingerprint density at radius 1 is 1.25 bits per heavy atom. The van der Waals surface area contributed by atoms with Crippen molar-refractivity contribution in [2.24, 2.45) is 5.92 Å². The molecule has 0 aliphatic heterocycles. The van der Waals surface area contributed by atoms with Crippen LogP contribution in [0.25, 0.3) is 0 Å². The molecule has 1 N–H and O–H groups in total. The van der Waals surface area contributed by atoms with Gasteiger partial charge in [-0.2, -0.15) is 13.2 Å². The second-order valence-electron chi connectivity index (χ2n) is 3.24. The number of hydrogen-bond donors (Lipinski definition) is 1. The van der Waals surface area contributed by atoms with Crippen LogP contribution in [0.4, 0.5) is 13.2 Å². The Bertz CT molecular complexity index is 275. The first-order valence-corrected chi connectivity index (χ1v) is 7.01. The van der Waals surface area contributed by atoms with Gasteiger partial charge >= 0.3 is 6.18 Å². The van der Waals surface area contributed by atoms with Crippen molar-refractivity contribution in [3.05, 3.63) is 0 Å². The summed E-state index contributed by atoms with van der Waals surface area (Å²) in [5.74, 6) is -1.64. The molecule has 2 atom stereocenters. The van der Waals surface area contributed by atoms with Crippen LogP contribution in [0.2, 0.25) is 0 Å². The van der Waals surface area contributed by atoms with Crippen molar-refractivity contribution in [1.82, 2.24) is 4.72 Å². The molecule has 0 saturated carbocycles. The van der Waals surface area contributed by atoms with E-state index in [9.17, 15) is 21.6 Å².